The zero-order valence-electron chi connectivity index (χ0n) is 13.4. The average Bonchev–Trinajstić information content (AvgIpc) is 3.00. The van der Waals surface area contributed by atoms with Gasteiger partial charge in [0.2, 0.25) is 12.7 Å². The quantitative estimate of drug-likeness (QED) is 0.744. The number of fused-ring (bicyclic) bond motifs is 1. The molecule has 1 amide bonds. The molecule has 1 atom stereocenters. The van der Waals surface area contributed by atoms with Crippen LogP contribution in [0, 0.1) is 5.92 Å². The molecule has 1 unspecified atom stereocenters. The molecule has 1 aliphatic rings. The second-order valence-corrected chi connectivity index (χ2v) is 5.61. The summed E-state index contributed by atoms with van der Waals surface area (Å²) in [4.78, 5) is 11.9. The lowest BCUT2D eigenvalue weighted by Crippen LogP contribution is -2.27. The Hall–Kier alpha value is -1.97. The molecule has 0 aromatic heterocycles. The van der Waals surface area contributed by atoms with E-state index in [-0.39, 0.29) is 12.7 Å². The van der Waals surface area contributed by atoms with Crippen molar-refractivity contribution in [2.45, 2.75) is 39.5 Å². The van der Waals surface area contributed by atoms with Gasteiger partial charge in [-0.15, -0.1) is 0 Å². The van der Waals surface area contributed by atoms with Crippen molar-refractivity contribution in [2.75, 3.05) is 13.3 Å². The highest BCUT2D eigenvalue weighted by molar-refractivity contribution is 5.91. The minimum absolute atomic E-state index is 0.0485. The van der Waals surface area contributed by atoms with E-state index in [1.807, 2.05) is 18.2 Å². The molecular weight excluding hydrogens is 278 g/mol. The van der Waals surface area contributed by atoms with Crippen LogP contribution in [0.3, 0.4) is 0 Å². The number of unbranched alkanes of at least 4 members (excludes halogenated alkanes) is 1. The van der Waals surface area contributed by atoms with E-state index in [4.69, 9.17) is 9.47 Å². The molecule has 1 N–H and O–H groups in total. The lowest BCUT2D eigenvalue weighted by Gasteiger charge is -2.14. The van der Waals surface area contributed by atoms with Gasteiger partial charge in [0.15, 0.2) is 11.5 Å². The molecule has 2 rings (SSSR count). The summed E-state index contributed by atoms with van der Waals surface area (Å²) < 4.78 is 10.6. The van der Waals surface area contributed by atoms with Crippen molar-refractivity contribution in [3.63, 3.8) is 0 Å². The Morgan fingerprint density at radius 1 is 1.32 bits per heavy atom. The summed E-state index contributed by atoms with van der Waals surface area (Å²) in [6, 6.07) is 5.65. The molecule has 1 aromatic rings. The van der Waals surface area contributed by atoms with Crippen molar-refractivity contribution in [3.8, 4) is 11.5 Å². The highest BCUT2D eigenvalue weighted by Gasteiger charge is 2.12. The molecule has 4 heteroatoms. The van der Waals surface area contributed by atoms with Crippen LogP contribution in [0.15, 0.2) is 24.3 Å². The molecule has 4 nitrogen and oxygen atoms in total. The first kappa shape index (κ1) is 16.4. The summed E-state index contributed by atoms with van der Waals surface area (Å²) in [6.45, 7) is 5.38. The highest BCUT2D eigenvalue weighted by atomic mass is 16.7. The number of nitrogens with one attached hydrogen (secondary N) is 1. The van der Waals surface area contributed by atoms with Gasteiger partial charge in [-0.25, -0.2) is 0 Å². The standard InChI is InChI=1S/C18H25NO3/c1-3-5-6-14(4-2)12-19-18(20)10-8-15-7-9-16-17(11-15)22-13-21-16/h7-11,14H,3-6,12-13H2,1-2H3,(H,19,20)/b10-8+. The summed E-state index contributed by atoms with van der Waals surface area (Å²) in [6.07, 6.45) is 8.08. The molecule has 1 aromatic carbocycles. The van der Waals surface area contributed by atoms with Crippen LogP contribution >= 0.6 is 0 Å². The van der Waals surface area contributed by atoms with Crippen LogP contribution in [0.1, 0.15) is 45.1 Å². The van der Waals surface area contributed by atoms with Crippen LogP contribution in [0.4, 0.5) is 0 Å². The lowest BCUT2D eigenvalue weighted by molar-refractivity contribution is -0.116. The zero-order valence-corrected chi connectivity index (χ0v) is 13.4. The van der Waals surface area contributed by atoms with Crippen LogP contribution in [0.2, 0.25) is 0 Å². The molecule has 22 heavy (non-hydrogen) atoms. The summed E-state index contributed by atoms with van der Waals surface area (Å²) in [5, 5.41) is 2.98. The maximum atomic E-state index is 11.9. The minimum atomic E-state index is -0.0485. The monoisotopic (exact) mass is 303 g/mol. The number of hydrogen-bond donors (Lipinski definition) is 1. The predicted octanol–water partition coefficient (Wildman–Crippen LogP) is 3.76. The average molecular weight is 303 g/mol. The van der Waals surface area contributed by atoms with E-state index in [1.165, 1.54) is 19.3 Å². The summed E-state index contributed by atoms with van der Waals surface area (Å²) in [5.41, 5.74) is 0.928. The molecule has 1 heterocycles. The van der Waals surface area contributed by atoms with Crippen molar-refractivity contribution >= 4 is 12.0 Å². The second kappa shape index (κ2) is 8.47. The number of hydrogen-bond acceptors (Lipinski definition) is 3. The Balaban J connectivity index is 1.81. The lowest BCUT2D eigenvalue weighted by atomic mass is 9.99. The van der Waals surface area contributed by atoms with E-state index in [9.17, 15) is 4.79 Å². The van der Waals surface area contributed by atoms with Gasteiger partial charge in [-0.1, -0.05) is 39.2 Å². The number of benzene rings is 1. The Kier molecular flexibility index (Phi) is 6.31. The fraction of sp³-hybridized carbons (Fsp3) is 0.500. The third-order valence-corrected chi connectivity index (χ3v) is 3.93. The predicted molar refractivity (Wildman–Crippen MR) is 87.9 cm³/mol. The number of amides is 1. The number of carbonyl (C=O) groups excluding carboxylic acids is 1. The first-order valence-electron chi connectivity index (χ1n) is 8.08. The van der Waals surface area contributed by atoms with Crippen molar-refractivity contribution in [2.24, 2.45) is 5.92 Å². The molecule has 0 aliphatic carbocycles. The maximum absolute atomic E-state index is 11.9. The molecule has 120 valence electrons. The Labute approximate surface area is 132 Å². The van der Waals surface area contributed by atoms with Gasteiger partial charge < -0.3 is 14.8 Å². The van der Waals surface area contributed by atoms with Crippen molar-refractivity contribution in [3.05, 3.63) is 29.8 Å². The van der Waals surface area contributed by atoms with Crippen LogP contribution in [0.5, 0.6) is 11.5 Å². The Bertz CT molecular complexity index is 525. The molecule has 0 radical (unpaired) electrons. The SMILES string of the molecule is CCCCC(CC)CNC(=O)/C=C/c1ccc2c(c1)OCO2. The zero-order chi connectivity index (χ0) is 15.8. The number of ether oxygens (including phenoxy) is 2. The van der Waals surface area contributed by atoms with Crippen molar-refractivity contribution in [1.82, 2.24) is 5.32 Å². The minimum Gasteiger partial charge on any atom is -0.454 e. The summed E-state index contributed by atoms with van der Waals surface area (Å²) in [5.74, 6) is 2.01. The second-order valence-electron chi connectivity index (χ2n) is 5.61. The van der Waals surface area contributed by atoms with Gasteiger partial charge >= 0.3 is 0 Å². The molecule has 0 fully saturated rings. The molecule has 0 saturated heterocycles. The number of rotatable bonds is 8. The van der Waals surface area contributed by atoms with E-state index >= 15 is 0 Å². The fourth-order valence-corrected chi connectivity index (χ4v) is 2.44. The first-order valence-corrected chi connectivity index (χ1v) is 8.08. The van der Waals surface area contributed by atoms with Gasteiger partial charge in [0.25, 0.3) is 0 Å². The maximum Gasteiger partial charge on any atom is 0.244 e. The van der Waals surface area contributed by atoms with E-state index in [2.05, 4.69) is 19.2 Å². The number of carbonyl (C=O) groups is 1. The Morgan fingerprint density at radius 2 is 2.14 bits per heavy atom. The molecule has 1 aliphatic heterocycles. The molecular formula is C18H25NO3. The summed E-state index contributed by atoms with van der Waals surface area (Å²) in [7, 11) is 0. The van der Waals surface area contributed by atoms with Crippen LogP contribution in [-0.2, 0) is 4.79 Å². The van der Waals surface area contributed by atoms with E-state index in [1.54, 1.807) is 12.2 Å². The van der Waals surface area contributed by atoms with Gasteiger partial charge in [-0.2, -0.15) is 0 Å². The third-order valence-electron chi connectivity index (χ3n) is 3.93. The van der Waals surface area contributed by atoms with Gasteiger partial charge in [0.1, 0.15) is 0 Å². The molecule has 0 saturated carbocycles. The molecule has 0 spiro atoms. The topological polar surface area (TPSA) is 47.6 Å². The smallest absolute Gasteiger partial charge is 0.244 e. The third kappa shape index (κ3) is 4.79. The van der Waals surface area contributed by atoms with Gasteiger partial charge in [0, 0.05) is 12.6 Å². The summed E-state index contributed by atoms with van der Waals surface area (Å²) >= 11 is 0. The molecule has 0 bridgehead atoms. The highest BCUT2D eigenvalue weighted by Crippen LogP contribution is 2.32. The van der Waals surface area contributed by atoms with Crippen molar-refractivity contribution < 1.29 is 14.3 Å². The van der Waals surface area contributed by atoms with Gasteiger partial charge in [-0.05, 0) is 36.1 Å². The van der Waals surface area contributed by atoms with E-state index in [0.717, 1.165) is 30.0 Å². The Morgan fingerprint density at radius 3 is 2.91 bits per heavy atom. The van der Waals surface area contributed by atoms with Crippen LogP contribution < -0.4 is 14.8 Å². The fourth-order valence-electron chi connectivity index (χ4n) is 2.44. The largest absolute Gasteiger partial charge is 0.454 e. The van der Waals surface area contributed by atoms with Crippen molar-refractivity contribution in [1.29, 1.82) is 0 Å². The van der Waals surface area contributed by atoms with Gasteiger partial charge in [0.05, 0.1) is 0 Å². The first-order chi connectivity index (χ1) is 10.7. The van der Waals surface area contributed by atoms with Gasteiger partial charge in [-0.3, -0.25) is 4.79 Å². The normalized spacial score (nSPS) is 14.3. The van der Waals surface area contributed by atoms with E-state index < -0.39 is 0 Å². The van der Waals surface area contributed by atoms with E-state index in [0.29, 0.717) is 5.92 Å². The van der Waals surface area contributed by atoms with Crippen LogP contribution in [-0.4, -0.2) is 19.2 Å². The van der Waals surface area contributed by atoms with Crippen LogP contribution in [0.25, 0.3) is 6.08 Å².